The molecule has 1 aromatic carbocycles. The van der Waals surface area contributed by atoms with Crippen molar-refractivity contribution in [2.24, 2.45) is 12.8 Å². The van der Waals surface area contributed by atoms with Gasteiger partial charge in [-0.3, -0.25) is 18.9 Å². The Morgan fingerprint density at radius 2 is 1.88 bits per heavy atom. The highest BCUT2D eigenvalue weighted by Crippen LogP contribution is 2.24. The zero-order chi connectivity index (χ0) is 22.8. The summed E-state index contributed by atoms with van der Waals surface area (Å²) in [6.45, 7) is 2.16. The number of imidazole rings is 1. The molecule has 0 aliphatic carbocycles. The second-order valence-electron chi connectivity index (χ2n) is 8.72. The first kappa shape index (κ1) is 21.3. The topological polar surface area (TPSA) is 94.9 Å². The van der Waals surface area contributed by atoms with Crippen molar-refractivity contribution < 1.29 is 0 Å². The molecule has 1 unspecified atom stereocenters. The van der Waals surface area contributed by atoms with Gasteiger partial charge in [-0.15, -0.1) is 0 Å². The predicted molar refractivity (Wildman–Crippen MR) is 129 cm³/mol. The molecule has 1 aliphatic rings. The van der Waals surface area contributed by atoms with Gasteiger partial charge in [0.15, 0.2) is 11.2 Å². The number of nitrogens with two attached hydrogens (primary N) is 1. The van der Waals surface area contributed by atoms with E-state index in [1.165, 1.54) is 0 Å². The average molecular weight is 444 g/mol. The number of benzene rings is 1. The first-order valence-corrected chi connectivity index (χ1v) is 11.5. The molecule has 8 heteroatoms. The molecule has 2 N–H and O–H groups in total. The molecule has 170 valence electrons. The van der Waals surface area contributed by atoms with Crippen LogP contribution in [0.1, 0.15) is 29.9 Å². The molecule has 5 rings (SSSR count). The van der Waals surface area contributed by atoms with E-state index in [4.69, 9.17) is 15.7 Å². The normalized spacial score (nSPS) is 16.4. The molecule has 1 atom stereocenters. The number of fused-ring (bicyclic) bond motifs is 1. The van der Waals surface area contributed by atoms with E-state index in [0.717, 1.165) is 43.1 Å². The van der Waals surface area contributed by atoms with Gasteiger partial charge in [0, 0.05) is 44.5 Å². The lowest BCUT2D eigenvalue weighted by Crippen LogP contribution is -2.44. The second kappa shape index (κ2) is 9.15. The van der Waals surface area contributed by atoms with Crippen molar-refractivity contribution in [2.45, 2.75) is 38.3 Å². The van der Waals surface area contributed by atoms with E-state index in [-0.39, 0.29) is 11.6 Å². The van der Waals surface area contributed by atoms with E-state index >= 15 is 0 Å². The van der Waals surface area contributed by atoms with Crippen LogP contribution in [0, 0.1) is 0 Å². The maximum Gasteiger partial charge on any atom is 0.279 e. The summed E-state index contributed by atoms with van der Waals surface area (Å²) in [7, 11) is 1.79. The number of piperidine rings is 1. The van der Waals surface area contributed by atoms with Gasteiger partial charge in [0.2, 0.25) is 5.95 Å². The number of hydrogen-bond donors (Lipinski definition) is 1. The maximum atomic E-state index is 13.5. The van der Waals surface area contributed by atoms with E-state index in [9.17, 15) is 4.79 Å². The van der Waals surface area contributed by atoms with Crippen LogP contribution < -0.4 is 16.2 Å². The molecule has 4 heterocycles. The molecule has 1 fully saturated rings. The van der Waals surface area contributed by atoms with Crippen molar-refractivity contribution in [3.05, 3.63) is 82.2 Å². The summed E-state index contributed by atoms with van der Waals surface area (Å²) >= 11 is 0. The summed E-state index contributed by atoms with van der Waals surface area (Å²) in [4.78, 5) is 29.8. The Labute approximate surface area is 192 Å². The Kier molecular flexibility index (Phi) is 5.92. The summed E-state index contributed by atoms with van der Waals surface area (Å²) in [6.07, 6.45) is 5.13. The van der Waals surface area contributed by atoms with Crippen molar-refractivity contribution >= 4 is 17.1 Å². The Balaban J connectivity index is 1.58. The van der Waals surface area contributed by atoms with Crippen molar-refractivity contribution in [3.63, 3.8) is 0 Å². The fourth-order valence-electron chi connectivity index (χ4n) is 4.55. The quantitative estimate of drug-likeness (QED) is 0.491. The minimum atomic E-state index is -0.0768. The van der Waals surface area contributed by atoms with Crippen molar-refractivity contribution in [1.29, 1.82) is 0 Å². The van der Waals surface area contributed by atoms with Gasteiger partial charge < -0.3 is 10.6 Å². The van der Waals surface area contributed by atoms with E-state index in [1.54, 1.807) is 17.8 Å². The van der Waals surface area contributed by atoms with Gasteiger partial charge in [0.25, 0.3) is 5.56 Å². The van der Waals surface area contributed by atoms with Crippen molar-refractivity contribution in [3.8, 4) is 0 Å². The van der Waals surface area contributed by atoms with Gasteiger partial charge in [-0.1, -0.05) is 36.4 Å². The summed E-state index contributed by atoms with van der Waals surface area (Å²) in [5, 5.41) is 0. The van der Waals surface area contributed by atoms with Crippen LogP contribution in [0.3, 0.4) is 0 Å². The number of nitrogens with zero attached hydrogens (tertiary/aromatic N) is 6. The minimum Gasteiger partial charge on any atom is -0.341 e. The van der Waals surface area contributed by atoms with E-state index in [1.807, 2.05) is 41.0 Å². The number of pyridine rings is 1. The van der Waals surface area contributed by atoms with Crippen molar-refractivity contribution in [1.82, 2.24) is 24.1 Å². The van der Waals surface area contributed by atoms with Crippen LogP contribution in [0.15, 0.2) is 59.5 Å². The molecule has 1 saturated heterocycles. The summed E-state index contributed by atoms with van der Waals surface area (Å²) in [5.74, 6) is 1.49. The molecular formula is C25H29N7O. The van der Waals surface area contributed by atoms with Crippen LogP contribution in [-0.2, 0) is 26.4 Å². The molecule has 33 heavy (non-hydrogen) atoms. The van der Waals surface area contributed by atoms with Gasteiger partial charge in [0.1, 0.15) is 5.82 Å². The van der Waals surface area contributed by atoms with Gasteiger partial charge in [0.05, 0.1) is 6.54 Å². The smallest absolute Gasteiger partial charge is 0.279 e. The fraction of sp³-hybridized carbons (Fsp3) is 0.360. The van der Waals surface area contributed by atoms with E-state index in [0.29, 0.717) is 36.4 Å². The molecule has 3 aromatic heterocycles. The largest absolute Gasteiger partial charge is 0.341 e. The maximum absolute atomic E-state index is 13.5. The highest BCUT2D eigenvalue weighted by Gasteiger charge is 2.25. The third kappa shape index (κ3) is 4.39. The van der Waals surface area contributed by atoms with Crippen molar-refractivity contribution in [2.75, 3.05) is 18.0 Å². The molecule has 1 aliphatic heterocycles. The van der Waals surface area contributed by atoms with Crippen LogP contribution >= 0.6 is 0 Å². The summed E-state index contributed by atoms with van der Waals surface area (Å²) < 4.78 is 3.67. The first-order valence-electron chi connectivity index (χ1n) is 11.5. The zero-order valence-electron chi connectivity index (χ0n) is 18.9. The Hall–Kier alpha value is -3.52. The SMILES string of the molecule is Cn1c(CCc2ccccn2)nc2nc(N3CCCC(N)C3)n(Cc3ccccc3)c2c1=O. The Bertz CT molecular complexity index is 1300. The number of aromatic nitrogens is 5. The van der Waals surface area contributed by atoms with Crippen LogP contribution in [0.2, 0.25) is 0 Å². The van der Waals surface area contributed by atoms with E-state index in [2.05, 4.69) is 22.0 Å². The number of aryl methyl sites for hydroxylation is 2. The standard InChI is InChI=1S/C25H29N7O/c1-30-21(13-12-20-11-5-6-14-27-20)28-23-22(24(30)33)32(16-18-8-3-2-4-9-18)25(29-23)31-15-7-10-19(26)17-31/h2-6,8-9,11,14,19H,7,10,12-13,15-17,26H2,1H3. The molecular weight excluding hydrogens is 414 g/mol. The lowest BCUT2D eigenvalue weighted by atomic mass is 10.1. The molecule has 0 radical (unpaired) electrons. The van der Waals surface area contributed by atoms with Gasteiger partial charge in [-0.05, 0) is 37.0 Å². The van der Waals surface area contributed by atoms with E-state index < -0.39 is 0 Å². The molecule has 4 aromatic rings. The zero-order valence-corrected chi connectivity index (χ0v) is 18.9. The second-order valence-corrected chi connectivity index (χ2v) is 8.72. The molecule has 0 spiro atoms. The predicted octanol–water partition coefficient (Wildman–Crippen LogP) is 2.29. The third-order valence-electron chi connectivity index (χ3n) is 6.31. The van der Waals surface area contributed by atoms with Crippen LogP contribution in [0.4, 0.5) is 5.95 Å². The minimum absolute atomic E-state index is 0.0768. The van der Waals surface area contributed by atoms with Crippen LogP contribution in [0.25, 0.3) is 11.2 Å². The molecule has 8 nitrogen and oxygen atoms in total. The monoisotopic (exact) mass is 443 g/mol. The number of rotatable bonds is 6. The molecule has 0 bridgehead atoms. The van der Waals surface area contributed by atoms with Gasteiger partial charge in [-0.2, -0.15) is 4.98 Å². The Morgan fingerprint density at radius 1 is 1.06 bits per heavy atom. The lowest BCUT2D eigenvalue weighted by Gasteiger charge is -2.31. The van der Waals surface area contributed by atoms with Crippen LogP contribution in [-0.4, -0.2) is 43.2 Å². The van der Waals surface area contributed by atoms with Gasteiger partial charge in [-0.25, -0.2) is 4.98 Å². The Morgan fingerprint density at radius 3 is 2.64 bits per heavy atom. The fourth-order valence-corrected chi connectivity index (χ4v) is 4.55. The molecule has 0 amide bonds. The van der Waals surface area contributed by atoms with Crippen LogP contribution in [0.5, 0.6) is 0 Å². The number of anilines is 1. The summed E-state index contributed by atoms with van der Waals surface area (Å²) in [6, 6.07) is 16.1. The lowest BCUT2D eigenvalue weighted by molar-refractivity contribution is 0.495. The molecule has 0 saturated carbocycles. The average Bonchev–Trinajstić information content (AvgIpc) is 3.20. The third-order valence-corrected chi connectivity index (χ3v) is 6.31. The number of hydrogen-bond acceptors (Lipinski definition) is 6. The summed E-state index contributed by atoms with van der Waals surface area (Å²) in [5.41, 5.74) is 9.32. The highest BCUT2D eigenvalue weighted by atomic mass is 16.1. The first-order chi connectivity index (χ1) is 16.1. The van der Waals surface area contributed by atoms with Gasteiger partial charge >= 0.3 is 0 Å². The highest BCUT2D eigenvalue weighted by molar-refractivity contribution is 5.74.